The van der Waals surface area contributed by atoms with Gasteiger partial charge < -0.3 is 14.4 Å². The van der Waals surface area contributed by atoms with Crippen molar-refractivity contribution in [3.8, 4) is 0 Å². The maximum atomic E-state index is 13.1. The van der Waals surface area contributed by atoms with Gasteiger partial charge in [0.05, 0.1) is 24.6 Å². The van der Waals surface area contributed by atoms with Gasteiger partial charge in [0, 0.05) is 42.8 Å². The zero-order valence-corrected chi connectivity index (χ0v) is 18.0. The van der Waals surface area contributed by atoms with Crippen molar-refractivity contribution in [2.24, 2.45) is 4.99 Å². The summed E-state index contributed by atoms with van der Waals surface area (Å²) < 4.78 is 10.8. The maximum Gasteiger partial charge on any atom is 0.340 e. The summed E-state index contributed by atoms with van der Waals surface area (Å²) in [5.74, 6) is -1.09. The first-order chi connectivity index (χ1) is 15.0. The number of ether oxygens (including phenoxy) is 2. The molecular weight excluding hydrogens is 418 g/mol. The highest BCUT2D eigenvalue weighted by atomic mass is 35.5. The topological polar surface area (TPSA) is 71.4 Å². The molecular formula is C23H24ClN3O4. The molecule has 1 saturated heterocycles. The van der Waals surface area contributed by atoms with E-state index in [4.69, 9.17) is 21.1 Å². The zero-order valence-electron chi connectivity index (χ0n) is 17.3. The fourth-order valence-electron chi connectivity index (χ4n) is 3.71. The molecule has 162 valence electrons. The van der Waals surface area contributed by atoms with Crippen molar-refractivity contribution in [1.82, 2.24) is 4.90 Å². The Kier molecular flexibility index (Phi) is 6.65. The van der Waals surface area contributed by atoms with E-state index in [-0.39, 0.29) is 6.61 Å². The first-order valence-corrected chi connectivity index (χ1v) is 10.6. The lowest BCUT2D eigenvalue weighted by molar-refractivity contribution is -0.148. The molecule has 1 fully saturated rings. The summed E-state index contributed by atoms with van der Waals surface area (Å²) in [6.07, 6.45) is 0. The molecule has 0 saturated carbocycles. The minimum absolute atomic E-state index is 0.196. The van der Waals surface area contributed by atoms with E-state index >= 15 is 0 Å². The van der Waals surface area contributed by atoms with Gasteiger partial charge >= 0.3 is 5.97 Å². The van der Waals surface area contributed by atoms with Crippen LogP contribution in [-0.2, 0) is 19.1 Å². The second-order valence-corrected chi connectivity index (χ2v) is 7.86. The summed E-state index contributed by atoms with van der Waals surface area (Å²) in [7, 11) is 1.63. The lowest BCUT2D eigenvalue weighted by atomic mass is 10.0. The Hall–Kier alpha value is -2.74. The maximum absolute atomic E-state index is 13.1. The van der Waals surface area contributed by atoms with E-state index < -0.39 is 17.9 Å². The monoisotopic (exact) mass is 441 g/mol. The number of benzodiazepines with no additional fused rings is 1. The van der Waals surface area contributed by atoms with Gasteiger partial charge in [0.15, 0.2) is 0 Å². The number of benzene rings is 2. The number of fused-ring (bicyclic) bond motifs is 1. The predicted octanol–water partition coefficient (Wildman–Crippen LogP) is 2.40. The predicted molar refractivity (Wildman–Crippen MR) is 119 cm³/mol. The number of hydrogen-bond donors (Lipinski definition) is 0. The van der Waals surface area contributed by atoms with Crippen LogP contribution >= 0.6 is 11.6 Å². The standard InChI is InChI=1S/C23H24ClN3O4/c1-26-19-8-7-17(24)15-18(19)20(16-5-3-2-4-6-16)25-21(22(26)28)23(29)31-14-11-27-9-12-30-13-10-27/h2-8,15,21H,9-14H2,1H3. The number of morpholine rings is 1. The third kappa shape index (κ3) is 4.79. The highest BCUT2D eigenvalue weighted by Gasteiger charge is 2.36. The molecule has 1 atom stereocenters. The number of anilines is 1. The number of aliphatic imine (C=N–C) groups is 1. The molecule has 1 amide bonds. The number of nitrogens with zero attached hydrogens (tertiary/aromatic N) is 3. The van der Waals surface area contributed by atoms with Gasteiger partial charge in [-0.15, -0.1) is 0 Å². The number of halogens is 1. The van der Waals surface area contributed by atoms with Crippen molar-refractivity contribution in [3.63, 3.8) is 0 Å². The van der Waals surface area contributed by atoms with Crippen LogP contribution in [0.5, 0.6) is 0 Å². The number of likely N-dealkylation sites (N-methyl/N-ethyl adjacent to an activating group) is 1. The Bertz CT molecular complexity index is 990. The number of esters is 1. The van der Waals surface area contributed by atoms with E-state index in [1.54, 1.807) is 25.2 Å². The van der Waals surface area contributed by atoms with Crippen LogP contribution in [0, 0.1) is 0 Å². The van der Waals surface area contributed by atoms with Crippen LogP contribution in [0.3, 0.4) is 0 Å². The van der Waals surface area contributed by atoms with Gasteiger partial charge in [0.25, 0.3) is 5.91 Å². The normalized spacial score (nSPS) is 19.4. The minimum Gasteiger partial charge on any atom is -0.462 e. The van der Waals surface area contributed by atoms with E-state index in [1.807, 2.05) is 30.3 Å². The van der Waals surface area contributed by atoms with Crippen LogP contribution in [0.1, 0.15) is 11.1 Å². The third-order valence-corrected chi connectivity index (χ3v) is 5.66. The highest BCUT2D eigenvalue weighted by molar-refractivity contribution is 6.32. The van der Waals surface area contributed by atoms with Crippen molar-refractivity contribution in [3.05, 3.63) is 64.7 Å². The molecule has 8 heteroatoms. The fourth-order valence-corrected chi connectivity index (χ4v) is 3.88. The molecule has 0 radical (unpaired) electrons. The molecule has 31 heavy (non-hydrogen) atoms. The smallest absolute Gasteiger partial charge is 0.340 e. The average Bonchev–Trinajstić information content (AvgIpc) is 2.90. The number of carbonyl (C=O) groups excluding carboxylic acids is 2. The molecule has 0 spiro atoms. The van der Waals surface area contributed by atoms with E-state index in [2.05, 4.69) is 9.89 Å². The summed E-state index contributed by atoms with van der Waals surface area (Å²) in [6.45, 7) is 3.74. The Morgan fingerprint density at radius 1 is 1.19 bits per heavy atom. The van der Waals surface area contributed by atoms with Crippen LogP contribution < -0.4 is 4.90 Å². The summed E-state index contributed by atoms with van der Waals surface area (Å²) >= 11 is 6.24. The van der Waals surface area contributed by atoms with Crippen LogP contribution in [0.2, 0.25) is 5.02 Å². The Morgan fingerprint density at radius 3 is 2.68 bits per heavy atom. The first kappa shape index (κ1) is 21.5. The van der Waals surface area contributed by atoms with Crippen molar-refractivity contribution in [1.29, 1.82) is 0 Å². The number of amides is 1. The molecule has 2 aliphatic rings. The zero-order chi connectivity index (χ0) is 21.8. The molecule has 1 unspecified atom stereocenters. The Morgan fingerprint density at radius 2 is 1.94 bits per heavy atom. The summed E-state index contributed by atoms with van der Waals surface area (Å²) in [6, 6.07) is 13.4. The van der Waals surface area contributed by atoms with Gasteiger partial charge in [-0.2, -0.15) is 0 Å². The molecule has 0 aromatic heterocycles. The average molecular weight is 442 g/mol. The van der Waals surface area contributed by atoms with Crippen LogP contribution in [-0.4, -0.2) is 75.0 Å². The van der Waals surface area contributed by atoms with Gasteiger partial charge in [-0.05, 0) is 18.2 Å². The Balaban J connectivity index is 1.62. The second-order valence-electron chi connectivity index (χ2n) is 7.43. The van der Waals surface area contributed by atoms with Crippen molar-refractivity contribution in [2.75, 3.05) is 51.4 Å². The molecule has 2 heterocycles. The first-order valence-electron chi connectivity index (χ1n) is 10.2. The summed E-state index contributed by atoms with van der Waals surface area (Å²) in [5.41, 5.74) is 2.66. The molecule has 2 aliphatic heterocycles. The third-order valence-electron chi connectivity index (χ3n) is 5.42. The van der Waals surface area contributed by atoms with Crippen molar-refractivity contribution in [2.45, 2.75) is 6.04 Å². The van der Waals surface area contributed by atoms with Crippen molar-refractivity contribution >= 4 is 34.9 Å². The Labute approximate surface area is 186 Å². The summed E-state index contributed by atoms with van der Waals surface area (Å²) in [4.78, 5) is 34.2. The number of rotatable bonds is 5. The summed E-state index contributed by atoms with van der Waals surface area (Å²) in [5, 5.41) is 0.523. The van der Waals surface area contributed by atoms with E-state index in [0.29, 0.717) is 41.7 Å². The molecule has 0 N–H and O–H groups in total. The van der Waals surface area contributed by atoms with Gasteiger partial charge in [0.2, 0.25) is 6.04 Å². The number of carbonyl (C=O) groups is 2. The van der Waals surface area contributed by atoms with Crippen molar-refractivity contribution < 1.29 is 19.1 Å². The quantitative estimate of drug-likeness (QED) is 0.526. The molecule has 0 aliphatic carbocycles. The SMILES string of the molecule is CN1C(=O)C(C(=O)OCCN2CCOCC2)N=C(c2ccccc2)c2cc(Cl)ccc21. The van der Waals surface area contributed by atoms with Crippen LogP contribution in [0.25, 0.3) is 0 Å². The van der Waals surface area contributed by atoms with Crippen LogP contribution in [0.15, 0.2) is 53.5 Å². The van der Waals surface area contributed by atoms with Gasteiger partial charge in [-0.1, -0.05) is 41.9 Å². The molecule has 0 bridgehead atoms. The van der Waals surface area contributed by atoms with Gasteiger partial charge in [0.1, 0.15) is 6.61 Å². The van der Waals surface area contributed by atoms with Gasteiger partial charge in [-0.25, -0.2) is 4.79 Å². The molecule has 4 rings (SSSR count). The van der Waals surface area contributed by atoms with E-state index in [1.165, 1.54) is 4.90 Å². The van der Waals surface area contributed by atoms with Crippen LogP contribution in [0.4, 0.5) is 5.69 Å². The fraction of sp³-hybridized carbons (Fsp3) is 0.348. The lowest BCUT2D eigenvalue weighted by Crippen LogP contribution is -2.42. The number of hydrogen-bond acceptors (Lipinski definition) is 6. The van der Waals surface area contributed by atoms with E-state index in [0.717, 1.165) is 18.7 Å². The van der Waals surface area contributed by atoms with Gasteiger partial charge in [-0.3, -0.25) is 14.7 Å². The lowest BCUT2D eigenvalue weighted by Gasteiger charge is -2.26. The van der Waals surface area contributed by atoms with E-state index in [9.17, 15) is 9.59 Å². The largest absolute Gasteiger partial charge is 0.462 e. The second kappa shape index (κ2) is 9.60. The highest BCUT2D eigenvalue weighted by Crippen LogP contribution is 2.30. The minimum atomic E-state index is -1.28. The molecule has 7 nitrogen and oxygen atoms in total. The molecule has 2 aromatic rings. The molecule has 2 aromatic carbocycles.